The van der Waals surface area contributed by atoms with E-state index in [2.05, 4.69) is 15.6 Å². The van der Waals surface area contributed by atoms with Crippen LogP contribution in [0.5, 0.6) is 0 Å². The lowest BCUT2D eigenvalue weighted by Crippen LogP contribution is -2.17. The number of carbonyl (C=O) groups is 1. The van der Waals surface area contributed by atoms with E-state index in [-0.39, 0.29) is 11.4 Å². The molecule has 0 fully saturated rings. The van der Waals surface area contributed by atoms with Crippen molar-refractivity contribution in [1.82, 2.24) is 4.98 Å². The molecule has 0 aliphatic carbocycles. The van der Waals surface area contributed by atoms with Crippen LogP contribution in [0.25, 0.3) is 0 Å². The fourth-order valence-electron chi connectivity index (χ4n) is 2.20. The fraction of sp³-hybridized carbons (Fsp3) is 0.294. The zero-order valence-corrected chi connectivity index (χ0v) is 14.8. The molecular formula is C17H18F3N3OS. The van der Waals surface area contributed by atoms with Gasteiger partial charge in [0.15, 0.2) is 0 Å². The third-order valence-electron chi connectivity index (χ3n) is 3.37. The number of amides is 1. The van der Waals surface area contributed by atoms with Gasteiger partial charge in [0.25, 0.3) is 5.91 Å². The number of aryl methyl sites for hydroxylation is 1. The van der Waals surface area contributed by atoms with Gasteiger partial charge in [0.1, 0.15) is 5.69 Å². The number of alkyl halides is 3. The summed E-state index contributed by atoms with van der Waals surface area (Å²) in [6.07, 6.45) is -2.93. The second-order valence-electron chi connectivity index (χ2n) is 5.25. The molecular weight excluding hydrogens is 351 g/mol. The predicted octanol–water partition coefficient (Wildman–Crippen LogP) is 4.81. The summed E-state index contributed by atoms with van der Waals surface area (Å²) in [5.74, 6) is 0.197. The Labute approximate surface area is 148 Å². The van der Waals surface area contributed by atoms with Gasteiger partial charge in [-0.2, -0.15) is 13.2 Å². The molecule has 0 aliphatic rings. The summed E-state index contributed by atoms with van der Waals surface area (Å²) in [6, 6.07) is 4.98. The van der Waals surface area contributed by atoms with Crippen LogP contribution in [-0.2, 0) is 6.18 Å². The minimum Gasteiger partial charge on any atom is -0.386 e. The number of benzene rings is 1. The number of carbonyl (C=O) groups excluding carboxylic acids is 1. The Bertz CT molecular complexity index is 778. The molecule has 2 N–H and O–H groups in total. The molecule has 25 heavy (non-hydrogen) atoms. The molecule has 0 aliphatic heterocycles. The predicted molar refractivity (Wildman–Crippen MR) is 94.3 cm³/mol. The molecule has 134 valence electrons. The standard InChI is InChI=1S/C17H18F3N3OS/c1-4-25-14-7-10(2)9-22-15(14)16(24)23-13-8-11(17(18,19)20)5-6-12(13)21-3/h5-9,21H,4H2,1-3H3,(H,23,24). The highest BCUT2D eigenvalue weighted by atomic mass is 32.2. The zero-order valence-electron chi connectivity index (χ0n) is 14.0. The number of aromatic nitrogens is 1. The summed E-state index contributed by atoms with van der Waals surface area (Å²) in [6.45, 7) is 3.81. The molecule has 1 aromatic heterocycles. The van der Waals surface area contributed by atoms with Crippen molar-refractivity contribution in [3.63, 3.8) is 0 Å². The van der Waals surface area contributed by atoms with Crippen LogP contribution >= 0.6 is 11.8 Å². The number of anilines is 2. The summed E-state index contributed by atoms with van der Waals surface area (Å²) < 4.78 is 38.8. The van der Waals surface area contributed by atoms with Crippen molar-refractivity contribution in [1.29, 1.82) is 0 Å². The largest absolute Gasteiger partial charge is 0.416 e. The van der Waals surface area contributed by atoms with E-state index in [4.69, 9.17) is 0 Å². The monoisotopic (exact) mass is 369 g/mol. The molecule has 0 radical (unpaired) electrons. The highest BCUT2D eigenvalue weighted by molar-refractivity contribution is 7.99. The Balaban J connectivity index is 2.37. The highest BCUT2D eigenvalue weighted by Gasteiger charge is 2.31. The van der Waals surface area contributed by atoms with Crippen molar-refractivity contribution < 1.29 is 18.0 Å². The van der Waals surface area contributed by atoms with Crippen LogP contribution in [0, 0.1) is 6.92 Å². The number of hydrogen-bond acceptors (Lipinski definition) is 4. The third-order valence-corrected chi connectivity index (χ3v) is 4.28. The van der Waals surface area contributed by atoms with Gasteiger partial charge in [0.2, 0.25) is 0 Å². The number of nitrogens with zero attached hydrogens (tertiary/aromatic N) is 1. The number of rotatable bonds is 5. The first-order valence-corrected chi connectivity index (χ1v) is 8.54. The summed E-state index contributed by atoms with van der Waals surface area (Å²) in [5.41, 5.74) is 0.705. The molecule has 2 aromatic rings. The average molecular weight is 369 g/mol. The van der Waals surface area contributed by atoms with Gasteiger partial charge in [-0.25, -0.2) is 4.98 Å². The van der Waals surface area contributed by atoms with E-state index in [1.807, 2.05) is 19.9 Å². The minimum atomic E-state index is -4.49. The molecule has 0 bridgehead atoms. The third kappa shape index (κ3) is 4.66. The topological polar surface area (TPSA) is 54.0 Å². The zero-order chi connectivity index (χ0) is 18.6. The molecule has 0 saturated heterocycles. The van der Waals surface area contributed by atoms with Gasteiger partial charge in [0.05, 0.1) is 16.9 Å². The molecule has 1 aromatic carbocycles. The van der Waals surface area contributed by atoms with Crippen molar-refractivity contribution in [2.45, 2.75) is 24.9 Å². The van der Waals surface area contributed by atoms with Crippen LogP contribution in [0.4, 0.5) is 24.5 Å². The molecule has 0 unspecified atom stereocenters. The summed E-state index contributed by atoms with van der Waals surface area (Å²) in [7, 11) is 1.57. The summed E-state index contributed by atoms with van der Waals surface area (Å²) in [4.78, 5) is 17.4. The highest BCUT2D eigenvalue weighted by Crippen LogP contribution is 2.34. The normalized spacial score (nSPS) is 11.3. The van der Waals surface area contributed by atoms with Gasteiger partial charge in [-0.15, -0.1) is 11.8 Å². The van der Waals surface area contributed by atoms with Crippen molar-refractivity contribution in [2.75, 3.05) is 23.4 Å². The summed E-state index contributed by atoms with van der Waals surface area (Å²) in [5, 5.41) is 5.30. The van der Waals surface area contributed by atoms with E-state index in [1.54, 1.807) is 13.2 Å². The van der Waals surface area contributed by atoms with E-state index in [0.717, 1.165) is 23.4 Å². The number of pyridine rings is 1. The van der Waals surface area contributed by atoms with Gasteiger partial charge < -0.3 is 10.6 Å². The van der Waals surface area contributed by atoms with E-state index in [0.29, 0.717) is 10.6 Å². The lowest BCUT2D eigenvalue weighted by atomic mass is 10.1. The average Bonchev–Trinajstić information content (AvgIpc) is 2.54. The van der Waals surface area contributed by atoms with E-state index >= 15 is 0 Å². The van der Waals surface area contributed by atoms with Crippen molar-refractivity contribution >= 4 is 29.0 Å². The molecule has 2 rings (SSSR count). The van der Waals surface area contributed by atoms with Crippen LogP contribution in [0.1, 0.15) is 28.5 Å². The number of nitrogens with one attached hydrogen (secondary N) is 2. The van der Waals surface area contributed by atoms with Gasteiger partial charge in [-0.3, -0.25) is 4.79 Å². The molecule has 4 nitrogen and oxygen atoms in total. The Hall–Kier alpha value is -2.22. The SMILES string of the molecule is CCSc1cc(C)cnc1C(=O)Nc1cc(C(F)(F)F)ccc1NC. The molecule has 1 heterocycles. The molecule has 0 atom stereocenters. The van der Waals surface area contributed by atoms with Gasteiger partial charge in [-0.05, 0) is 42.5 Å². The second-order valence-corrected chi connectivity index (χ2v) is 6.56. The maximum atomic E-state index is 12.9. The van der Waals surface area contributed by atoms with Crippen LogP contribution in [-0.4, -0.2) is 23.7 Å². The van der Waals surface area contributed by atoms with Gasteiger partial charge >= 0.3 is 6.18 Å². The van der Waals surface area contributed by atoms with Gasteiger partial charge in [0, 0.05) is 18.1 Å². The smallest absolute Gasteiger partial charge is 0.386 e. The van der Waals surface area contributed by atoms with Crippen LogP contribution < -0.4 is 10.6 Å². The van der Waals surface area contributed by atoms with E-state index in [1.165, 1.54) is 17.8 Å². The second kappa shape index (κ2) is 7.77. The first kappa shape index (κ1) is 19.1. The Morgan fingerprint density at radius 3 is 2.56 bits per heavy atom. The molecule has 8 heteroatoms. The summed E-state index contributed by atoms with van der Waals surface area (Å²) >= 11 is 1.45. The minimum absolute atomic E-state index is 0.0529. The van der Waals surface area contributed by atoms with Crippen molar-refractivity contribution in [2.24, 2.45) is 0 Å². The van der Waals surface area contributed by atoms with Crippen molar-refractivity contribution in [3.05, 3.63) is 47.3 Å². The fourth-order valence-corrected chi connectivity index (χ4v) is 3.06. The lowest BCUT2D eigenvalue weighted by Gasteiger charge is -2.15. The van der Waals surface area contributed by atoms with E-state index in [9.17, 15) is 18.0 Å². The first-order valence-electron chi connectivity index (χ1n) is 7.56. The lowest BCUT2D eigenvalue weighted by molar-refractivity contribution is -0.137. The van der Waals surface area contributed by atoms with Gasteiger partial charge in [-0.1, -0.05) is 6.92 Å². The maximum Gasteiger partial charge on any atom is 0.416 e. The first-order chi connectivity index (χ1) is 11.8. The number of thioether (sulfide) groups is 1. The van der Waals surface area contributed by atoms with E-state index < -0.39 is 17.6 Å². The van der Waals surface area contributed by atoms with Crippen LogP contribution in [0.15, 0.2) is 35.4 Å². The van der Waals surface area contributed by atoms with Crippen LogP contribution in [0.2, 0.25) is 0 Å². The van der Waals surface area contributed by atoms with Crippen LogP contribution in [0.3, 0.4) is 0 Å². The Kier molecular flexibility index (Phi) is 5.94. The number of halogens is 3. The number of hydrogen-bond donors (Lipinski definition) is 2. The Morgan fingerprint density at radius 1 is 1.24 bits per heavy atom. The quantitative estimate of drug-likeness (QED) is 0.743. The Morgan fingerprint density at radius 2 is 1.96 bits per heavy atom. The molecule has 1 amide bonds. The van der Waals surface area contributed by atoms with Crippen molar-refractivity contribution in [3.8, 4) is 0 Å². The molecule has 0 spiro atoms. The maximum absolute atomic E-state index is 12.9. The molecule has 0 saturated carbocycles.